The molecular formula is C21H28N4O4. The van der Waals surface area contributed by atoms with Crippen LogP contribution in [0.1, 0.15) is 35.5 Å². The first-order valence-corrected chi connectivity index (χ1v) is 9.83. The summed E-state index contributed by atoms with van der Waals surface area (Å²) in [5.74, 6) is -0.561. The predicted molar refractivity (Wildman–Crippen MR) is 110 cm³/mol. The van der Waals surface area contributed by atoms with Crippen LogP contribution in [-0.2, 0) is 22.4 Å². The van der Waals surface area contributed by atoms with E-state index in [-0.39, 0.29) is 30.6 Å². The van der Waals surface area contributed by atoms with Crippen LogP contribution >= 0.6 is 0 Å². The monoisotopic (exact) mass is 400 g/mol. The van der Waals surface area contributed by atoms with Crippen LogP contribution in [-0.4, -0.2) is 72.5 Å². The Hall–Kier alpha value is -2.87. The fourth-order valence-electron chi connectivity index (χ4n) is 3.42. The second-order valence-corrected chi connectivity index (χ2v) is 7.82. The highest BCUT2D eigenvalue weighted by molar-refractivity contribution is 6.02. The van der Waals surface area contributed by atoms with Gasteiger partial charge in [0.1, 0.15) is 5.69 Å². The SMILES string of the molecule is CC(C)OC(=O)c1[nH]c2ccc(CCN3C(=O)CNC3=O)cc2c1CCN(C)C. The van der Waals surface area contributed by atoms with E-state index in [2.05, 4.69) is 15.2 Å². The molecule has 2 heterocycles. The van der Waals surface area contributed by atoms with Gasteiger partial charge < -0.3 is 19.9 Å². The molecule has 29 heavy (non-hydrogen) atoms. The Morgan fingerprint density at radius 3 is 2.62 bits per heavy atom. The third-order valence-corrected chi connectivity index (χ3v) is 4.89. The van der Waals surface area contributed by atoms with E-state index in [1.807, 2.05) is 46.1 Å². The minimum atomic E-state index is -0.356. The molecule has 8 heteroatoms. The van der Waals surface area contributed by atoms with Crippen molar-refractivity contribution in [2.24, 2.45) is 0 Å². The lowest BCUT2D eigenvalue weighted by Gasteiger charge is -2.13. The molecule has 2 aromatic rings. The quantitative estimate of drug-likeness (QED) is 0.522. The van der Waals surface area contributed by atoms with Crippen LogP contribution in [0.15, 0.2) is 18.2 Å². The summed E-state index contributed by atoms with van der Waals surface area (Å²) in [7, 11) is 3.98. The molecule has 1 fully saturated rings. The summed E-state index contributed by atoms with van der Waals surface area (Å²) in [6.07, 6.45) is 1.06. The lowest BCUT2D eigenvalue weighted by molar-refractivity contribution is -0.124. The van der Waals surface area contributed by atoms with Crippen molar-refractivity contribution in [1.29, 1.82) is 0 Å². The van der Waals surface area contributed by atoms with E-state index < -0.39 is 0 Å². The molecule has 3 rings (SSSR count). The summed E-state index contributed by atoms with van der Waals surface area (Å²) >= 11 is 0. The number of ether oxygens (including phenoxy) is 1. The van der Waals surface area contributed by atoms with E-state index in [0.717, 1.165) is 28.6 Å². The molecule has 1 aromatic carbocycles. The molecule has 156 valence electrons. The van der Waals surface area contributed by atoms with Crippen LogP contribution < -0.4 is 5.32 Å². The van der Waals surface area contributed by atoms with Gasteiger partial charge in [-0.25, -0.2) is 9.59 Å². The zero-order valence-corrected chi connectivity index (χ0v) is 17.4. The Bertz CT molecular complexity index is 916. The number of aromatic nitrogens is 1. The van der Waals surface area contributed by atoms with Gasteiger partial charge in [0.05, 0.1) is 12.6 Å². The van der Waals surface area contributed by atoms with E-state index in [4.69, 9.17) is 4.74 Å². The number of rotatable bonds is 8. The van der Waals surface area contributed by atoms with Crippen LogP contribution in [0, 0.1) is 0 Å². The molecule has 0 bridgehead atoms. The van der Waals surface area contributed by atoms with Gasteiger partial charge in [-0.15, -0.1) is 0 Å². The average Bonchev–Trinajstić information content (AvgIpc) is 3.17. The number of fused-ring (bicyclic) bond motifs is 1. The predicted octanol–water partition coefficient (Wildman–Crippen LogP) is 1.93. The van der Waals surface area contributed by atoms with Gasteiger partial charge in [-0.2, -0.15) is 0 Å². The van der Waals surface area contributed by atoms with E-state index in [0.29, 0.717) is 25.1 Å². The molecule has 0 saturated carbocycles. The molecule has 0 aliphatic carbocycles. The van der Waals surface area contributed by atoms with Crippen molar-refractivity contribution in [2.45, 2.75) is 32.8 Å². The number of carbonyl (C=O) groups excluding carboxylic acids is 3. The highest BCUT2D eigenvalue weighted by atomic mass is 16.5. The van der Waals surface area contributed by atoms with Crippen LogP contribution in [0.2, 0.25) is 0 Å². The highest BCUT2D eigenvalue weighted by Gasteiger charge is 2.28. The standard InChI is InChI=1S/C21H28N4O4/c1-13(2)29-20(27)19-15(8-9-24(3)4)16-11-14(5-6-17(16)23-19)7-10-25-18(26)12-22-21(25)28/h5-6,11,13,23H,7-10,12H2,1-4H3,(H,22,28). The number of likely N-dealkylation sites (N-methyl/N-ethyl adjacent to an activating group) is 1. The van der Waals surface area contributed by atoms with E-state index >= 15 is 0 Å². The maximum atomic E-state index is 12.6. The Labute approximate surface area is 170 Å². The molecule has 0 unspecified atom stereocenters. The smallest absolute Gasteiger partial charge is 0.355 e. The second kappa shape index (κ2) is 8.65. The first kappa shape index (κ1) is 20.9. The second-order valence-electron chi connectivity index (χ2n) is 7.82. The van der Waals surface area contributed by atoms with E-state index in [1.54, 1.807) is 0 Å². The summed E-state index contributed by atoms with van der Waals surface area (Å²) in [4.78, 5) is 42.6. The molecule has 3 amide bonds. The number of benzene rings is 1. The molecule has 2 N–H and O–H groups in total. The minimum Gasteiger partial charge on any atom is -0.458 e. The Balaban J connectivity index is 1.88. The molecule has 8 nitrogen and oxygen atoms in total. The number of nitrogens with zero attached hydrogens (tertiary/aromatic N) is 2. The van der Waals surface area contributed by atoms with Crippen molar-refractivity contribution in [3.05, 3.63) is 35.0 Å². The molecule has 1 aliphatic heterocycles. The molecule has 1 aliphatic rings. The van der Waals surface area contributed by atoms with E-state index in [1.165, 1.54) is 4.90 Å². The molecule has 1 aromatic heterocycles. The summed E-state index contributed by atoms with van der Waals surface area (Å²) in [6, 6.07) is 5.57. The fourth-order valence-corrected chi connectivity index (χ4v) is 3.42. The number of carbonyl (C=O) groups is 3. The minimum absolute atomic E-state index is 0.0612. The molecule has 1 saturated heterocycles. The van der Waals surface area contributed by atoms with Gasteiger partial charge >= 0.3 is 12.0 Å². The number of aromatic amines is 1. The molecular weight excluding hydrogens is 372 g/mol. The Morgan fingerprint density at radius 2 is 2.00 bits per heavy atom. The van der Waals surface area contributed by atoms with Gasteiger partial charge in [0, 0.05) is 24.0 Å². The number of amides is 3. The van der Waals surface area contributed by atoms with Gasteiger partial charge in [0.25, 0.3) is 0 Å². The normalized spacial score (nSPS) is 14.3. The number of hydrogen-bond acceptors (Lipinski definition) is 5. The van der Waals surface area contributed by atoms with Crippen molar-refractivity contribution in [3.8, 4) is 0 Å². The maximum absolute atomic E-state index is 12.6. The Kier molecular flexibility index (Phi) is 6.22. The van der Waals surface area contributed by atoms with Gasteiger partial charge in [-0.3, -0.25) is 9.69 Å². The zero-order chi connectivity index (χ0) is 21.1. The summed E-state index contributed by atoms with van der Waals surface area (Å²) in [6.45, 7) is 4.84. The first-order chi connectivity index (χ1) is 13.8. The third kappa shape index (κ3) is 4.76. The van der Waals surface area contributed by atoms with Crippen molar-refractivity contribution < 1.29 is 19.1 Å². The van der Waals surface area contributed by atoms with Crippen LogP contribution in [0.3, 0.4) is 0 Å². The van der Waals surface area contributed by atoms with E-state index in [9.17, 15) is 14.4 Å². The number of nitrogens with one attached hydrogen (secondary N) is 2. The fraction of sp³-hybridized carbons (Fsp3) is 0.476. The molecule has 0 radical (unpaired) electrons. The average molecular weight is 400 g/mol. The van der Waals surface area contributed by atoms with Gasteiger partial charge in [-0.1, -0.05) is 6.07 Å². The maximum Gasteiger partial charge on any atom is 0.355 e. The largest absolute Gasteiger partial charge is 0.458 e. The first-order valence-electron chi connectivity index (χ1n) is 9.83. The van der Waals surface area contributed by atoms with Crippen molar-refractivity contribution in [1.82, 2.24) is 20.1 Å². The summed E-state index contributed by atoms with van der Waals surface area (Å²) in [5, 5.41) is 3.50. The van der Waals surface area contributed by atoms with Gasteiger partial charge in [0.15, 0.2) is 0 Å². The number of imide groups is 1. The van der Waals surface area contributed by atoms with Crippen molar-refractivity contribution >= 4 is 28.8 Å². The summed E-state index contributed by atoms with van der Waals surface area (Å²) < 4.78 is 5.41. The van der Waals surface area contributed by atoms with Gasteiger partial charge in [0.2, 0.25) is 5.91 Å². The number of urea groups is 1. The third-order valence-electron chi connectivity index (χ3n) is 4.89. The number of H-pyrrole nitrogens is 1. The van der Waals surface area contributed by atoms with Crippen LogP contribution in [0.25, 0.3) is 10.9 Å². The molecule has 0 spiro atoms. The number of hydrogen-bond donors (Lipinski definition) is 2. The van der Waals surface area contributed by atoms with Crippen LogP contribution in [0.5, 0.6) is 0 Å². The van der Waals surface area contributed by atoms with Gasteiger partial charge in [-0.05, 0) is 64.0 Å². The van der Waals surface area contributed by atoms with Crippen molar-refractivity contribution in [3.63, 3.8) is 0 Å². The molecule has 0 atom stereocenters. The van der Waals surface area contributed by atoms with Crippen molar-refractivity contribution in [2.75, 3.05) is 33.7 Å². The summed E-state index contributed by atoms with van der Waals surface area (Å²) in [5.41, 5.74) is 3.28. The Morgan fingerprint density at radius 1 is 1.24 bits per heavy atom. The van der Waals surface area contributed by atoms with Crippen LogP contribution in [0.4, 0.5) is 4.79 Å². The number of esters is 1. The highest BCUT2D eigenvalue weighted by Crippen LogP contribution is 2.26. The lowest BCUT2D eigenvalue weighted by Crippen LogP contribution is -2.32. The topological polar surface area (TPSA) is 94.7 Å². The lowest BCUT2D eigenvalue weighted by atomic mass is 10.0. The zero-order valence-electron chi connectivity index (χ0n) is 17.4.